The molecule has 0 atom stereocenters. The number of aryl methyl sites for hydroxylation is 1. The molecule has 4 nitrogen and oxygen atoms in total. The zero-order valence-corrected chi connectivity index (χ0v) is 35.2. The van der Waals surface area contributed by atoms with Crippen molar-refractivity contribution < 1.29 is 55.0 Å². The molecule has 8 aromatic rings. The Kier molecular flexibility index (Phi) is 6.30. The maximum Gasteiger partial charge on any atom is 0.148 e. The number of aromatic nitrogens is 3. The van der Waals surface area contributed by atoms with Gasteiger partial charge in [0.1, 0.15) is 11.6 Å². The second kappa shape index (κ2) is 16.1. The third kappa shape index (κ3) is 8.28. The molecule has 0 unspecified atom stereocenters. The topological polar surface area (TPSA) is 50.9 Å². The number of nitrogens with zero attached hydrogens (tertiary/aromatic N) is 3. The molecule has 306 valence electrons. The van der Waals surface area contributed by atoms with Gasteiger partial charge >= 0.3 is 0 Å². The number of phenolic OH excluding ortho intramolecular Hbond substituents is 1. The third-order valence-corrected chi connectivity index (χ3v) is 10.4. The summed E-state index contributed by atoms with van der Waals surface area (Å²) in [6, 6.07) is 39.0. The Balaban J connectivity index is 0.00000946. The Morgan fingerprint density at radius 2 is 1.28 bits per heavy atom. The van der Waals surface area contributed by atoms with Gasteiger partial charge in [0, 0.05) is 73.0 Å². The minimum absolute atomic E-state index is 0. The molecule has 5 heteroatoms. The van der Waals surface area contributed by atoms with E-state index in [1.54, 1.807) is 48.7 Å². The van der Waals surface area contributed by atoms with Crippen LogP contribution in [0.4, 0.5) is 0 Å². The number of aromatic hydroxyl groups is 1. The number of pyridine rings is 1. The predicted octanol–water partition coefficient (Wildman–Crippen LogP) is 14.5. The van der Waals surface area contributed by atoms with Crippen LogP contribution >= 0.6 is 0 Å². The van der Waals surface area contributed by atoms with Crippen molar-refractivity contribution in [1.29, 1.82) is 0 Å². The predicted molar refractivity (Wildman–Crippen MR) is 247 cm³/mol. The summed E-state index contributed by atoms with van der Waals surface area (Å²) < 4.78 is 184. The van der Waals surface area contributed by atoms with E-state index < -0.39 is 92.5 Å². The van der Waals surface area contributed by atoms with E-state index >= 15 is 0 Å². The normalized spacial score (nSPS) is 18.8. The number of benzene rings is 6. The van der Waals surface area contributed by atoms with Gasteiger partial charge in [-0.3, -0.25) is 9.55 Å². The van der Waals surface area contributed by atoms with Crippen molar-refractivity contribution >= 4 is 11.0 Å². The van der Waals surface area contributed by atoms with Gasteiger partial charge in [0.25, 0.3) is 0 Å². The number of hydrogen-bond donors (Lipinski definition) is 1. The Morgan fingerprint density at radius 1 is 0.600 bits per heavy atom. The van der Waals surface area contributed by atoms with E-state index in [1.165, 1.54) is 28.8 Å². The van der Waals surface area contributed by atoms with E-state index in [0.29, 0.717) is 34.0 Å². The molecule has 2 aromatic heterocycles. The first-order valence-electron chi connectivity index (χ1n) is 29.4. The van der Waals surface area contributed by atoms with Crippen LogP contribution in [0.1, 0.15) is 113 Å². The van der Waals surface area contributed by atoms with Gasteiger partial charge in [-0.05, 0) is 86.8 Å². The molecule has 0 aliphatic heterocycles. The number of rotatable bonds is 6. The van der Waals surface area contributed by atoms with Crippen molar-refractivity contribution in [2.24, 2.45) is 0 Å². The average molecular weight is 989 g/mol. The molecule has 6 aromatic carbocycles. The van der Waals surface area contributed by atoms with Crippen molar-refractivity contribution in [2.75, 3.05) is 0 Å². The maximum absolute atomic E-state index is 12.9. The Hall–Kier alpha value is -5.57. The Labute approximate surface area is 400 Å². The van der Waals surface area contributed by atoms with Crippen LogP contribution in [0.25, 0.3) is 72.7 Å². The van der Waals surface area contributed by atoms with Crippen LogP contribution in [0, 0.1) is 12.9 Å². The van der Waals surface area contributed by atoms with Gasteiger partial charge < -0.3 is 5.11 Å². The number of para-hydroxylation sites is 1. The molecular weight excluding hydrogens is 914 g/mol. The molecule has 0 amide bonds. The van der Waals surface area contributed by atoms with Gasteiger partial charge in [-0.1, -0.05) is 164 Å². The summed E-state index contributed by atoms with van der Waals surface area (Å²) >= 11 is 0. The van der Waals surface area contributed by atoms with Crippen molar-refractivity contribution in [3.05, 3.63) is 168 Å². The van der Waals surface area contributed by atoms with Crippen LogP contribution in [0.2, 0.25) is 0 Å². The van der Waals surface area contributed by atoms with Gasteiger partial charge in [-0.15, -0.1) is 29.3 Å². The van der Waals surface area contributed by atoms with Crippen molar-refractivity contribution in [1.82, 2.24) is 14.5 Å². The van der Waals surface area contributed by atoms with Crippen LogP contribution in [-0.2, 0) is 37.3 Å². The van der Waals surface area contributed by atoms with E-state index in [9.17, 15) is 5.11 Å². The van der Waals surface area contributed by atoms with Gasteiger partial charge in [-0.2, -0.15) is 0 Å². The summed E-state index contributed by atoms with van der Waals surface area (Å²) in [6.07, 6.45) is 1.66. The van der Waals surface area contributed by atoms with E-state index in [4.69, 9.17) is 38.8 Å². The van der Waals surface area contributed by atoms with E-state index in [0.717, 1.165) is 16.7 Å². The summed E-state index contributed by atoms with van der Waals surface area (Å²) in [7, 11) is 0. The summed E-state index contributed by atoms with van der Waals surface area (Å²) in [4.78, 5) is 9.73. The summed E-state index contributed by atoms with van der Waals surface area (Å²) in [6.45, 7) is -21.7. The zero-order valence-electron chi connectivity index (χ0n) is 53.9. The fourth-order valence-corrected chi connectivity index (χ4v) is 7.28. The largest absolute Gasteiger partial charge is 0.507 e. The van der Waals surface area contributed by atoms with Gasteiger partial charge in [0.05, 0.1) is 16.6 Å². The van der Waals surface area contributed by atoms with Gasteiger partial charge in [-0.25, -0.2) is 4.98 Å². The van der Waals surface area contributed by atoms with Crippen molar-refractivity contribution in [2.45, 2.75) is 85.0 Å². The molecule has 0 saturated heterocycles. The summed E-state index contributed by atoms with van der Waals surface area (Å²) in [5, 5.41) is 12.9. The summed E-state index contributed by atoms with van der Waals surface area (Å²) in [5.41, 5.74) is -7.61. The molecule has 60 heavy (non-hydrogen) atoms. The standard InChI is InChI=1S/C55H54N3O.Pt/c1-35-28-43(24-25-44(35)37-20-15-12-16-21-37)58-49-23-17-22-45(50(49)57-52(58)46-33-42(54(5,6)7)34-47(51(46)59)55(8,9)10)39-29-40(31-41(30-39)53(2,3)4)48-32-38(26-27-56-48)36-18-13-11-14-19-36;/h11-28,30-34,59H,1-10H3;/q-1;/i1D3,5D3,6D3,7D3,8D3,9D3,10D3;. The minimum atomic E-state index is -4.20. The molecule has 0 saturated carbocycles. The van der Waals surface area contributed by atoms with Crippen LogP contribution in [0.15, 0.2) is 140 Å². The average Bonchev–Trinajstić information content (AvgIpc) is 3.80. The molecule has 0 fully saturated rings. The van der Waals surface area contributed by atoms with Crippen LogP contribution in [0.5, 0.6) is 5.75 Å². The Bertz CT molecular complexity index is 3550. The molecule has 0 aliphatic carbocycles. The molecule has 0 bridgehead atoms. The van der Waals surface area contributed by atoms with Gasteiger partial charge in [0.15, 0.2) is 0 Å². The molecule has 0 radical (unpaired) electrons. The number of imidazole rings is 1. The zero-order chi connectivity index (χ0) is 59.4. The van der Waals surface area contributed by atoms with Crippen LogP contribution < -0.4 is 0 Å². The SMILES string of the molecule is [2H]C([2H])([2H])c1cc(-n2c(-c3cc(C(C([2H])([2H])[2H])(C([2H])([2H])[2H])C([2H])([2H])[2H])cc(C(C([2H])([2H])[2H])(C([2H])([2H])[2H])C([2H])([2H])[2H])c3O)nc3c(-c4[c-]c(-c5cc(-c6ccccc6)ccn5)cc(C(C)(C)C)c4)cccc32)ccc1-c1ccccc1.[Pt]. The van der Waals surface area contributed by atoms with Crippen LogP contribution in [-0.4, -0.2) is 19.6 Å². The maximum atomic E-state index is 12.9. The number of fused-ring (bicyclic) bond motifs is 1. The molecule has 0 spiro atoms. The number of hydrogen-bond acceptors (Lipinski definition) is 3. The monoisotopic (exact) mass is 989 g/mol. The fourth-order valence-electron chi connectivity index (χ4n) is 7.28. The van der Waals surface area contributed by atoms with Crippen molar-refractivity contribution in [3.63, 3.8) is 0 Å². The third-order valence-electron chi connectivity index (χ3n) is 10.4. The van der Waals surface area contributed by atoms with Crippen molar-refractivity contribution in [3.8, 4) is 67.5 Å². The first-order chi connectivity index (χ1) is 36.7. The number of phenols is 1. The molecule has 2 heterocycles. The quantitative estimate of drug-likeness (QED) is 0.169. The molecular formula is C55H54N3OPt-. The first-order valence-corrected chi connectivity index (χ1v) is 18.9. The minimum Gasteiger partial charge on any atom is -0.507 e. The first kappa shape index (κ1) is 23.4. The summed E-state index contributed by atoms with van der Waals surface area (Å²) in [5.74, 6) is -2.05. The van der Waals surface area contributed by atoms with Gasteiger partial charge in [0.2, 0.25) is 0 Å². The second-order valence-electron chi connectivity index (χ2n) is 15.7. The smallest absolute Gasteiger partial charge is 0.148 e. The van der Waals surface area contributed by atoms with Crippen LogP contribution in [0.3, 0.4) is 0 Å². The second-order valence-corrected chi connectivity index (χ2v) is 15.7. The molecule has 0 aliphatic rings. The molecule has 8 rings (SSSR count). The van der Waals surface area contributed by atoms with E-state index in [1.807, 2.05) is 75.4 Å². The Morgan fingerprint density at radius 3 is 1.97 bits per heavy atom. The molecule has 1 N–H and O–H groups in total. The van der Waals surface area contributed by atoms with E-state index in [-0.39, 0.29) is 55.0 Å². The van der Waals surface area contributed by atoms with E-state index in [2.05, 4.69) is 6.07 Å². The fraction of sp³-hybridized carbons (Fsp3) is 0.236.